The summed E-state index contributed by atoms with van der Waals surface area (Å²) in [6.45, 7) is 4.52. The number of ether oxygens (including phenoxy) is 4. The van der Waals surface area contributed by atoms with Gasteiger partial charge in [0, 0.05) is 17.3 Å². The molecule has 2 rings (SSSR count). The molecule has 0 aliphatic carbocycles. The largest absolute Gasteiger partial charge is 0.382 e. The summed E-state index contributed by atoms with van der Waals surface area (Å²) in [5, 5.41) is 0.541. The molecular formula is C16H24O4S. The maximum atomic E-state index is 5.69. The lowest BCUT2D eigenvalue weighted by Crippen LogP contribution is -2.15. The summed E-state index contributed by atoms with van der Waals surface area (Å²) >= 11 is 1.92. The van der Waals surface area contributed by atoms with E-state index in [9.17, 15) is 0 Å². The molecule has 1 unspecified atom stereocenters. The van der Waals surface area contributed by atoms with Crippen LogP contribution in [0.1, 0.15) is 5.56 Å². The van der Waals surface area contributed by atoms with E-state index >= 15 is 0 Å². The van der Waals surface area contributed by atoms with Gasteiger partial charge in [0.1, 0.15) is 0 Å². The summed E-state index contributed by atoms with van der Waals surface area (Å²) in [6, 6.07) is 8.59. The summed E-state index contributed by atoms with van der Waals surface area (Å²) < 4.78 is 21.3. The first-order valence-corrected chi connectivity index (χ1v) is 8.25. The molecule has 0 aromatic heterocycles. The van der Waals surface area contributed by atoms with E-state index in [1.54, 1.807) is 7.11 Å². The van der Waals surface area contributed by atoms with Crippen LogP contribution in [0.4, 0.5) is 0 Å². The number of thioether (sulfide) groups is 1. The van der Waals surface area contributed by atoms with Crippen molar-refractivity contribution in [3.63, 3.8) is 0 Å². The fraction of sp³-hybridized carbons (Fsp3) is 0.625. The van der Waals surface area contributed by atoms with E-state index in [1.807, 2.05) is 11.8 Å². The van der Waals surface area contributed by atoms with Gasteiger partial charge in [-0.2, -0.15) is 0 Å². The highest BCUT2D eigenvalue weighted by Gasteiger charge is 2.21. The summed E-state index contributed by atoms with van der Waals surface area (Å²) in [7, 11) is 1.67. The van der Waals surface area contributed by atoms with Crippen LogP contribution in [0.3, 0.4) is 0 Å². The predicted molar refractivity (Wildman–Crippen MR) is 84.1 cm³/mol. The molecule has 1 atom stereocenters. The molecule has 1 aliphatic heterocycles. The minimum absolute atomic E-state index is 0.541. The van der Waals surface area contributed by atoms with Crippen molar-refractivity contribution in [2.24, 2.45) is 0 Å². The number of hydrogen-bond acceptors (Lipinski definition) is 5. The molecule has 0 saturated carbocycles. The van der Waals surface area contributed by atoms with Crippen molar-refractivity contribution in [1.29, 1.82) is 0 Å². The molecule has 1 heterocycles. The number of methoxy groups -OCH3 is 1. The van der Waals surface area contributed by atoms with Crippen LogP contribution in [0, 0.1) is 0 Å². The van der Waals surface area contributed by atoms with Crippen molar-refractivity contribution in [3.05, 3.63) is 29.8 Å². The Morgan fingerprint density at radius 2 is 1.62 bits per heavy atom. The quantitative estimate of drug-likeness (QED) is 0.587. The normalized spacial score (nSPS) is 17.1. The first-order chi connectivity index (χ1) is 10.4. The molecule has 0 amide bonds. The van der Waals surface area contributed by atoms with Gasteiger partial charge in [0.05, 0.1) is 46.2 Å². The van der Waals surface area contributed by atoms with Crippen LogP contribution in [0.5, 0.6) is 0 Å². The van der Waals surface area contributed by atoms with Crippen molar-refractivity contribution >= 4 is 11.8 Å². The summed E-state index contributed by atoms with van der Waals surface area (Å²) in [4.78, 5) is 1.40. The number of benzene rings is 1. The smallest absolute Gasteiger partial charge is 0.0701 e. The van der Waals surface area contributed by atoms with Crippen LogP contribution in [-0.2, 0) is 25.4 Å². The third kappa shape index (κ3) is 6.36. The Balaban J connectivity index is 1.41. The zero-order chi connectivity index (χ0) is 14.8. The standard InChI is InChI=1S/C16H24O4S/c1-17-6-7-18-8-9-19-10-11-20-13-15-12-14-4-2-3-5-16(14)21-15/h2-5,15H,6-13H2,1H3. The maximum Gasteiger partial charge on any atom is 0.0701 e. The highest BCUT2D eigenvalue weighted by molar-refractivity contribution is 8.00. The van der Waals surface area contributed by atoms with E-state index in [2.05, 4.69) is 24.3 Å². The molecule has 0 spiro atoms. The molecular weight excluding hydrogens is 288 g/mol. The van der Waals surface area contributed by atoms with Crippen LogP contribution in [0.25, 0.3) is 0 Å². The molecule has 5 heteroatoms. The summed E-state index contributed by atoms with van der Waals surface area (Å²) in [5.74, 6) is 0. The average molecular weight is 312 g/mol. The zero-order valence-electron chi connectivity index (χ0n) is 12.6. The fourth-order valence-corrected chi connectivity index (χ4v) is 3.39. The topological polar surface area (TPSA) is 36.9 Å². The molecule has 1 aliphatic rings. The van der Waals surface area contributed by atoms with Gasteiger partial charge in [0.25, 0.3) is 0 Å². The average Bonchev–Trinajstić information content (AvgIpc) is 2.92. The number of rotatable bonds is 11. The van der Waals surface area contributed by atoms with Gasteiger partial charge in [0.2, 0.25) is 0 Å². The SMILES string of the molecule is COCCOCCOCCOCC1Cc2ccccc2S1. The van der Waals surface area contributed by atoms with E-state index in [1.165, 1.54) is 10.5 Å². The molecule has 1 aromatic rings. The Hall–Kier alpha value is -0.590. The van der Waals surface area contributed by atoms with Crippen molar-refractivity contribution in [3.8, 4) is 0 Å². The Kier molecular flexibility index (Phi) is 8.14. The first kappa shape index (κ1) is 16.8. The highest BCUT2D eigenvalue weighted by atomic mass is 32.2. The molecule has 21 heavy (non-hydrogen) atoms. The van der Waals surface area contributed by atoms with Crippen molar-refractivity contribution in [2.75, 3.05) is 53.4 Å². The Morgan fingerprint density at radius 3 is 2.33 bits per heavy atom. The van der Waals surface area contributed by atoms with Crippen LogP contribution in [-0.4, -0.2) is 58.6 Å². The van der Waals surface area contributed by atoms with Gasteiger partial charge in [0.15, 0.2) is 0 Å². The monoisotopic (exact) mass is 312 g/mol. The maximum absolute atomic E-state index is 5.69. The van der Waals surface area contributed by atoms with Gasteiger partial charge in [-0.3, -0.25) is 0 Å². The Labute approximate surface area is 131 Å². The van der Waals surface area contributed by atoms with Gasteiger partial charge in [-0.1, -0.05) is 18.2 Å². The van der Waals surface area contributed by atoms with Crippen molar-refractivity contribution in [2.45, 2.75) is 16.6 Å². The van der Waals surface area contributed by atoms with Gasteiger partial charge in [-0.05, 0) is 18.1 Å². The van der Waals surface area contributed by atoms with Crippen LogP contribution < -0.4 is 0 Å². The molecule has 0 bridgehead atoms. The number of hydrogen-bond donors (Lipinski definition) is 0. The lowest BCUT2D eigenvalue weighted by molar-refractivity contribution is 0.00396. The Bertz CT molecular complexity index is 375. The molecule has 118 valence electrons. The lowest BCUT2D eigenvalue weighted by Gasteiger charge is -2.10. The minimum atomic E-state index is 0.541. The Morgan fingerprint density at radius 1 is 0.952 bits per heavy atom. The van der Waals surface area contributed by atoms with E-state index in [0.29, 0.717) is 44.9 Å². The van der Waals surface area contributed by atoms with Crippen molar-refractivity contribution in [1.82, 2.24) is 0 Å². The third-order valence-electron chi connectivity index (χ3n) is 3.19. The van der Waals surface area contributed by atoms with Crippen molar-refractivity contribution < 1.29 is 18.9 Å². The second-order valence-corrected chi connectivity index (χ2v) is 6.19. The highest BCUT2D eigenvalue weighted by Crippen LogP contribution is 2.36. The molecule has 0 N–H and O–H groups in total. The van der Waals surface area contributed by atoms with Crippen LogP contribution in [0.2, 0.25) is 0 Å². The molecule has 0 radical (unpaired) electrons. The first-order valence-electron chi connectivity index (χ1n) is 7.37. The van der Waals surface area contributed by atoms with Crippen LogP contribution >= 0.6 is 11.8 Å². The molecule has 0 saturated heterocycles. The second kappa shape index (κ2) is 10.2. The van der Waals surface area contributed by atoms with Gasteiger partial charge < -0.3 is 18.9 Å². The molecule has 0 fully saturated rings. The molecule has 1 aromatic carbocycles. The van der Waals surface area contributed by atoms with Crippen LogP contribution in [0.15, 0.2) is 29.2 Å². The van der Waals surface area contributed by atoms with E-state index in [0.717, 1.165) is 13.0 Å². The second-order valence-electron chi connectivity index (χ2n) is 4.84. The van der Waals surface area contributed by atoms with E-state index in [-0.39, 0.29) is 0 Å². The van der Waals surface area contributed by atoms with Gasteiger partial charge in [-0.15, -0.1) is 11.8 Å². The summed E-state index contributed by atoms with van der Waals surface area (Å²) in [6.07, 6.45) is 1.11. The predicted octanol–water partition coefficient (Wildman–Crippen LogP) is 2.40. The minimum Gasteiger partial charge on any atom is -0.382 e. The van der Waals surface area contributed by atoms with E-state index < -0.39 is 0 Å². The molecule has 4 nitrogen and oxygen atoms in total. The third-order valence-corrected chi connectivity index (χ3v) is 4.48. The zero-order valence-corrected chi connectivity index (χ0v) is 13.4. The lowest BCUT2D eigenvalue weighted by atomic mass is 10.1. The van der Waals surface area contributed by atoms with Gasteiger partial charge in [-0.25, -0.2) is 0 Å². The van der Waals surface area contributed by atoms with Gasteiger partial charge >= 0.3 is 0 Å². The number of fused-ring (bicyclic) bond motifs is 1. The summed E-state index contributed by atoms with van der Waals surface area (Å²) in [5.41, 5.74) is 1.44. The van der Waals surface area contributed by atoms with E-state index in [4.69, 9.17) is 18.9 Å². The fourth-order valence-electron chi connectivity index (χ4n) is 2.14.